The number of carbonyl (C=O) groups excluding carboxylic acids is 1. The molecule has 0 amide bonds. The highest BCUT2D eigenvalue weighted by Crippen LogP contribution is 2.62. The van der Waals surface area contributed by atoms with Crippen LogP contribution in [-0.2, 0) is 14.3 Å². The molecule has 16 heavy (non-hydrogen) atoms. The highest BCUT2D eigenvalue weighted by Gasteiger charge is 2.62. The van der Waals surface area contributed by atoms with E-state index in [2.05, 4.69) is 0 Å². The van der Waals surface area contributed by atoms with Crippen molar-refractivity contribution in [1.29, 1.82) is 0 Å². The summed E-state index contributed by atoms with van der Waals surface area (Å²) in [5.41, 5.74) is -1.06. The van der Waals surface area contributed by atoms with Crippen LogP contribution in [-0.4, -0.2) is 23.1 Å². The van der Waals surface area contributed by atoms with Gasteiger partial charge in [0.15, 0.2) is 0 Å². The normalized spacial score (nSPS) is 49.0. The fourth-order valence-corrected chi connectivity index (χ4v) is 4.67. The molecule has 88 valence electrons. The van der Waals surface area contributed by atoms with Crippen LogP contribution in [0.15, 0.2) is 0 Å². The zero-order chi connectivity index (χ0) is 11.4. The first-order valence-electron chi connectivity index (χ1n) is 5.92. The lowest BCUT2D eigenvalue weighted by molar-refractivity contribution is -0.202. The van der Waals surface area contributed by atoms with E-state index in [1.165, 1.54) is 0 Å². The molecule has 0 heterocycles. The molecule has 0 aromatic carbocycles. The van der Waals surface area contributed by atoms with Crippen LogP contribution in [0.2, 0.25) is 0 Å². The molecule has 0 aromatic heterocycles. The molecular weight excluding hydrogens is 208 g/mol. The summed E-state index contributed by atoms with van der Waals surface area (Å²) in [5, 5.41) is 9.42. The molecule has 0 aliphatic heterocycles. The predicted molar refractivity (Wildman–Crippen MR) is 54.6 cm³/mol. The average Bonchev–Trinajstić information content (AvgIpc) is 2.14. The number of hydrogen-bond acceptors (Lipinski definition) is 3. The molecule has 4 aliphatic carbocycles. The Labute approximate surface area is 94.0 Å². The molecule has 0 spiro atoms. The second-order valence-electron chi connectivity index (χ2n) is 5.94. The Morgan fingerprint density at radius 2 is 1.88 bits per heavy atom. The number of carboxylic acid groups (broad SMARTS) is 1. The molecule has 4 aliphatic rings. The fourth-order valence-electron chi connectivity index (χ4n) is 4.67. The second kappa shape index (κ2) is 2.99. The van der Waals surface area contributed by atoms with Gasteiger partial charge in [-0.3, -0.25) is 9.59 Å². The smallest absolute Gasteiger partial charge is 0.309 e. The highest BCUT2D eigenvalue weighted by atomic mass is 16.5. The van der Waals surface area contributed by atoms with Gasteiger partial charge < -0.3 is 9.84 Å². The van der Waals surface area contributed by atoms with Crippen LogP contribution in [0.25, 0.3) is 0 Å². The summed E-state index contributed by atoms with van der Waals surface area (Å²) in [6.07, 6.45) is 4.96. The van der Waals surface area contributed by atoms with Gasteiger partial charge in [-0.05, 0) is 43.9 Å². The summed E-state index contributed by atoms with van der Waals surface area (Å²) in [4.78, 5) is 22.0. The SMILES string of the molecule is O=COC12CC3CC(C1)CC(C(=O)O)(C3)C2. The summed E-state index contributed by atoms with van der Waals surface area (Å²) in [7, 11) is 0. The van der Waals surface area contributed by atoms with Gasteiger partial charge in [-0.25, -0.2) is 0 Å². The molecule has 0 saturated heterocycles. The zero-order valence-electron chi connectivity index (χ0n) is 9.15. The van der Waals surface area contributed by atoms with Gasteiger partial charge in [0.05, 0.1) is 5.41 Å². The molecule has 4 bridgehead atoms. The van der Waals surface area contributed by atoms with Crippen LogP contribution in [0, 0.1) is 17.3 Å². The number of carbonyl (C=O) groups is 2. The largest absolute Gasteiger partial charge is 0.481 e. The maximum Gasteiger partial charge on any atom is 0.309 e. The van der Waals surface area contributed by atoms with E-state index >= 15 is 0 Å². The van der Waals surface area contributed by atoms with E-state index in [1.54, 1.807) is 0 Å². The van der Waals surface area contributed by atoms with Gasteiger partial charge in [0.25, 0.3) is 6.47 Å². The molecule has 4 heteroatoms. The third-order valence-electron chi connectivity index (χ3n) is 4.76. The summed E-state index contributed by atoms with van der Waals surface area (Å²) in [6.45, 7) is 0.503. The summed E-state index contributed by atoms with van der Waals surface area (Å²) in [6, 6.07) is 0. The van der Waals surface area contributed by atoms with Gasteiger partial charge in [0, 0.05) is 6.42 Å². The molecule has 1 N–H and O–H groups in total. The minimum Gasteiger partial charge on any atom is -0.481 e. The molecule has 2 unspecified atom stereocenters. The highest BCUT2D eigenvalue weighted by molar-refractivity contribution is 5.75. The molecule has 0 radical (unpaired) electrons. The van der Waals surface area contributed by atoms with Crippen LogP contribution >= 0.6 is 0 Å². The minimum absolute atomic E-state index is 0.442. The fraction of sp³-hybridized carbons (Fsp3) is 0.833. The Kier molecular flexibility index (Phi) is 1.89. The van der Waals surface area contributed by atoms with Gasteiger partial charge in [-0.1, -0.05) is 0 Å². The lowest BCUT2D eigenvalue weighted by atomic mass is 9.48. The topological polar surface area (TPSA) is 63.6 Å². The molecule has 4 rings (SSSR count). The molecule has 4 saturated carbocycles. The van der Waals surface area contributed by atoms with E-state index in [-0.39, 0.29) is 0 Å². The Morgan fingerprint density at radius 1 is 1.25 bits per heavy atom. The van der Waals surface area contributed by atoms with E-state index < -0.39 is 17.0 Å². The van der Waals surface area contributed by atoms with Crippen molar-refractivity contribution >= 4 is 12.4 Å². The monoisotopic (exact) mass is 224 g/mol. The van der Waals surface area contributed by atoms with Gasteiger partial charge in [-0.15, -0.1) is 0 Å². The quantitative estimate of drug-likeness (QED) is 0.739. The molecular formula is C12H16O4. The third-order valence-corrected chi connectivity index (χ3v) is 4.76. The Hall–Kier alpha value is -1.06. The van der Waals surface area contributed by atoms with E-state index in [0.29, 0.717) is 24.7 Å². The first-order valence-corrected chi connectivity index (χ1v) is 5.92. The summed E-state index contributed by atoms with van der Waals surface area (Å²) in [5.74, 6) is 0.190. The van der Waals surface area contributed by atoms with Crippen LogP contribution < -0.4 is 0 Å². The van der Waals surface area contributed by atoms with Crippen molar-refractivity contribution in [3.63, 3.8) is 0 Å². The summed E-state index contributed by atoms with van der Waals surface area (Å²) >= 11 is 0. The average molecular weight is 224 g/mol. The van der Waals surface area contributed by atoms with Crippen LogP contribution in [0.3, 0.4) is 0 Å². The van der Waals surface area contributed by atoms with Crippen molar-refractivity contribution in [1.82, 2.24) is 0 Å². The van der Waals surface area contributed by atoms with Crippen molar-refractivity contribution in [3.8, 4) is 0 Å². The standard InChI is InChI=1S/C12H16O4/c13-7-16-12-4-8-1-9(5-12)3-11(2-8,6-12)10(14)15/h7-9H,1-6H2,(H,14,15). The molecule has 0 aromatic rings. The van der Waals surface area contributed by atoms with Gasteiger partial charge in [0.1, 0.15) is 5.60 Å². The van der Waals surface area contributed by atoms with Crippen molar-refractivity contribution in [2.24, 2.45) is 17.3 Å². The maximum atomic E-state index is 11.5. The Balaban J connectivity index is 1.96. The first-order chi connectivity index (χ1) is 7.57. The van der Waals surface area contributed by atoms with Crippen molar-refractivity contribution < 1.29 is 19.4 Å². The maximum absolute atomic E-state index is 11.5. The molecule has 4 nitrogen and oxygen atoms in total. The first kappa shape index (κ1) is 10.1. The van der Waals surface area contributed by atoms with Gasteiger partial charge in [0.2, 0.25) is 0 Å². The van der Waals surface area contributed by atoms with E-state index in [4.69, 9.17) is 4.74 Å². The van der Waals surface area contributed by atoms with E-state index in [0.717, 1.165) is 32.1 Å². The second-order valence-corrected chi connectivity index (χ2v) is 5.94. The lowest BCUT2D eigenvalue weighted by Crippen LogP contribution is -2.59. The molecule has 2 atom stereocenters. The lowest BCUT2D eigenvalue weighted by Gasteiger charge is -2.59. The van der Waals surface area contributed by atoms with Crippen molar-refractivity contribution in [2.45, 2.75) is 44.1 Å². The molecule has 4 fully saturated rings. The van der Waals surface area contributed by atoms with Crippen LogP contribution in [0.4, 0.5) is 0 Å². The third kappa shape index (κ3) is 1.22. The van der Waals surface area contributed by atoms with Gasteiger partial charge >= 0.3 is 5.97 Å². The Morgan fingerprint density at radius 3 is 2.38 bits per heavy atom. The number of aliphatic carboxylic acids is 1. The number of ether oxygens (including phenoxy) is 1. The predicted octanol–water partition coefficient (Wildman–Crippen LogP) is 1.58. The number of carboxylic acids is 1. The minimum atomic E-state index is -0.694. The number of rotatable bonds is 3. The summed E-state index contributed by atoms with van der Waals surface area (Å²) < 4.78 is 5.27. The zero-order valence-corrected chi connectivity index (χ0v) is 9.15. The number of hydrogen-bond donors (Lipinski definition) is 1. The Bertz CT molecular complexity index is 335. The van der Waals surface area contributed by atoms with Crippen LogP contribution in [0.1, 0.15) is 38.5 Å². The van der Waals surface area contributed by atoms with Gasteiger partial charge in [-0.2, -0.15) is 0 Å². The van der Waals surface area contributed by atoms with Crippen molar-refractivity contribution in [2.75, 3.05) is 0 Å². The van der Waals surface area contributed by atoms with Crippen LogP contribution in [0.5, 0.6) is 0 Å². The van der Waals surface area contributed by atoms with E-state index in [9.17, 15) is 14.7 Å². The van der Waals surface area contributed by atoms with E-state index in [1.807, 2.05) is 0 Å². The van der Waals surface area contributed by atoms with Crippen molar-refractivity contribution in [3.05, 3.63) is 0 Å².